The van der Waals surface area contributed by atoms with Gasteiger partial charge < -0.3 is 0 Å². The normalized spacial score (nSPS) is 21.1. The van der Waals surface area contributed by atoms with Crippen LogP contribution in [0.4, 0.5) is 0 Å². The number of likely N-dealkylation sites (N-methyl/N-ethyl adjacent to an activating group) is 1. The third-order valence-corrected chi connectivity index (χ3v) is 1.22. The third kappa shape index (κ3) is 1.51. The number of nitrogens with zero attached hydrogens (tertiary/aromatic N) is 1. The summed E-state index contributed by atoms with van der Waals surface area (Å²) in [6.07, 6.45) is 8.49. The van der Waals surface area contributed by atoms with Gasteiger partial charge in [-0.05, 0) is 7.05 Å². The van der Waals surface area contributed by atoms with Gasteiger partial charge in [0.1, 0.15) is 0 Å². The van der Waals surface area contributed by atoms with E-state index in [0.29, 0.717) is 0 Å². The molecule has 0 saturated heterocycles. The lowest BCUT2D eigenvalue weighted by atomic mass is 10.5. The van der Waals surface area contributed by atoms with Crippen molar-refractivity contribution < 1.29 is 0 Å². The molecule has 0 aromatic heterocycles. The van der Waals surface area contributed by atoms with Gasteiger partial charge in [-0.25, -0.2) is 0 Å². The molecule has 8 heavy (non-hydrogen) atoms. The molecule has 0 aliphatic carbocycles. The minimum atomic E-state index is 1.08. The molecule has 1 heterocycles. The van der Waals surface area contributed by atoms with Crippen LogP contribution in [0, 0.1) is 0 Å². The second-order valence-corrected chi connectivity index (χ2v) is 2.08. The Morgan fingerprint density at radius 1 is 1.12 bits per heavy atom. The van der Waals surface area contributed by atoms with Crippen molar-refractivity contribution in [1.29, 1.82) is 0 Å². The first-order valence-electron chi connectivity index (χ1n) is 2.90. The van der Waals surface area contributed by atoms with E-state index in [-0.39, 0.29) is 0 Å². The first kappa shape index (κ1) is 5.57. The van der Waals surface area contributed by atoms with E-state index in [1.807, 2.05) is 0 Å². The molecule has 0 aromatic rings. The van der Waals surface area contributed by atoms with Gasteiger partial charge in [0.2, 0.25) is 0 Å². The Balaban J connectivity index is 2.45. The summed E-state index contributed by atoms with van der Waals surface area (Å²) in [5, 5.41) is 0. The van der Waals surface area contributed by atoms with Crippen molar-refractivity contribution >= 4 is 0 Å². The van der Waals surface area contributed by atoms with Gasteiger partial charge in [-0.15, -0.1) is 0 Å². The number of hydrogen-bond donors (Lipinski definition) is 0. The van der Waals surface area contributed by atoms with E-state index in [1.165, 1.54) is 0 Å². The van der Waals surface area contributed by atoms with Gasteiger partial charge in [0.25, 0.3) is 0 Å². The number of rotatable bonds is 0. The molecule has 1 aliphatic heterocycles. The van der Waals surface area contributed by atoms with Crippen molar-refractivity contribution in [2.75, 3.05) is 20.1 Å². The third-order valence-electron chi connectivity index (χ3n) is 1.22. The van der Waals surface area contributed by atoms with Gasteiger partial charge in [0, 0.05) is 13.1 Å². The van der Waals surface area contributed by atoms with Crippen LogP contribution in [-0.4, -0.2) is 25.0 Å². The van der Waals surface area contributed by atoms with Crippen LogP contribution < -0.4 is 0 Å². The SMILES string of the molecule is CN1CC=CC=CC1. The lowest BCUT2D eigenvalue weighted by Gasteiger charge is -2.07. The molecule has 0 spiro atoms. The Kier molecular flexibility index (Phi) is 1.86. The fraction of sp³-hybridized carbons (Fsp3) is 0.429. The highest BCUT2D eigenvalue weighted by atomic mass is 15.1. The van der Waals surface area contributed by atoms with E-state index in [0.717, 1.165) is 13.1 Å². The van der Waals surface area contributed by atoms with E-state index in [1.54, 1.807) is 0 Å². The second-order valence-electron chi connectivity index (χ2n) is 2.08. The van der Waals surface area contributed by atoms with Crippen molar-refractivity contribution in [3.63, 3.8) is 0 Å². The molecule has 44 valence electrons. The van der Waals surface area contributed by atoms with E-state index >= 15 is 0 Å². The van der Waals surface area contributed by atoms with Crippen LogP contribution in [-0.2, 0) is 0 Å². The van der Waals surface area contributed by atoms with Gasteiger partial charge in [-0.1, -0.05) is 24.3 Å². The van der Waals surface area contributed by atoms with Crippen molar-refractivity contribution in [2.45, 2.75) is 0 Å². The highest BCUT2D eigenvalue weighted by molar-refractivity contribution is 5.06. The van der Waals surface area contributed by atoms with Crippen LogP contribution >= 0.6 is 0 Å². The summed E-state index contributed by atoms with van der Waals surface area (Å²) < 4.78 is 0. The summed E-state index contributed by atoms with van der Waals surface area (Å²) in [5.74, 6) is 0. The topological polar surface area (TPSA) is 3.24 Å². The summed E-state index contributed by atoms with van der Waals surface area (Å²) in [4.78, 5) is 2.25. The molecular formula is C7H11N. The molecule has 0 bridgehead atoms. The predicted molar refractivity (Wildman–Crippen MR) is 35.8 cm³/mol. The van der Waals surface area contributed by atoms with Gasteiger partial charge in [-0.2, -0.15) is 0 Å². The number of hydrogen-bond acceptors (Lipinski definition) is 1. The van der Waals surface area contributed by atoms with Crippen LogP contribution in [0.15, 0.2) is 24.3 Å². The van der Waals surface area contributed by atoms with E-state index in [9.17, 15) is 0 Å². The van der Waals surface area contributed by atoms with Crippen molar-refractivity contribution in [1.82, 2.24) is 4.90 Å². The molecule has 0 unspecified atom stereocenters. The maximum absolute atomic E-state index is 2.25. The smallest absolute Gasteiger partial charge is 0.0166 e. The molecule has 0 radical (unpaired) electrons. The fourth-order valence-corrected chi connectivity index (χ4v) is 0.713. The zero-order valence-corrected chi connectivity index (χ0v) is 5.17. The van der Waals surface area contributed by atoms with Crippen molar-refractivity contribution in [3.8, 4) is 0 Å². The standard InChI is InChI=1S/C7H11N/c1-8-6-4-2-3-5-7-8/h2-5H,6-7H2,1H3. The highest BCUT2D eigenvalue weighted by Gasteiger charge is 1.90. The molecule has 0 saturated carbocycles. The summed E-state index contributed by atoms with van der Waals surface area (Å²) in [6, 6.07) is 0. The van der Waals surface area contributed by atoms with Gasteiger partial charge in [0.15, 0.2) is 0 Å². The largest absolute Gasteiger partial charge is 0.299 e. The van der Waals surface area contributed by atoms with E-state index in [4.69, 9.17) is 0 Å². The monoisotopic (exact) mass is 109 g/mol. The summed E-state index contributed by atoms with van der Waals surface area (Å²) in [7, 11) is 2.11. The van der Waals surface area contributed by atoms with Crippen LogP contribution in [0.2, 0.25) is 0 Å². The van der Waals surface area contributed by atoms with Crippen LogP contribution in [0.3, 0.4) is 0 Å². The van der Waals surface area contributed by atoms with Crippen LogP contribution in [0.5, 0.6) is 0 Å². The lowest BCUT2D eigenvalue weighted by molar-refractivity contribution is 0.414. The maximum atomic E-state index is 2.25. The molecule has 1 aliphatic rings. The second kappa shape index (κ2) is 2.68. The molecule has 0 N–H and O–H groups in total. The number of allylic oxidation sites excluding steroid dienone is 2. The fourth-order valence-electron chi connectivity index (χ4n) is 0.713. The Bertz CT molecular complexity index is 99.6. The first-order valence-corrected chi connectivity index (χ1v) is 2.90. The quantitative estimate of drug-likeness (QED) is 0.449. The lowest BCUT2D eigenvalue weighted by Crippen LogP contribution is -2.16. The van der Waals surface area contributed by atoms with E-state index < -0.39 is 0 Å². The average molecular weight is 109 g/mol. The molecule has 0 fully saturated rings. The van der Waals surface area contributed by atoms with Gasteiger partial charge in [-0.3, -0.25) is 4.90 Å². The highest BCUT2D eigenvalue weighted by Crippen LogP contribution is 1.90. The minimum Gasteiger partial charge on any atom is -0.299 e. The zero-order chi connectivity index (χ0) is 5.82. The summed E-state index contributed by atoms with van der Waals surface area (Å²) in [5.41, 5.74) is 0. The van der Waals surface area contributed by atoms with Crippen molar-refractivity contribution in [2.24, 2.45) is 0 Å². The summed E-state index contributed by atoms with van der Waals surface area (Å²) >= 11 is 0. The van der Waals surface area contributed by atoms with Crippen molar-refractivity contribution in [3.05, 3.63) is 24.3 Å². The Labute approximate surface area is 50.3 Å². The van der Waals surface area contributed by atoms with E-state index in [2.05, 4.69) is 36.3 Å². The van der Waals surface area contributed by atoms with Crippen LogP contribution in [0.1, 0.15) is 0 Å². The molecular weight excluding hydrogens is 98.1 g/mol. The first-order chi connectivity index (χ1) is 3.89. The minimum absolute atomic E-state index is 1.08. The van der Waals surface area contributed by atoms with Gasteiger partial charge in [0.05, 0.1) is 0 Å². The maximum Gasteiger partial charge on any atom is 0.0166 e. The molecule has 1 heteroatoms. The zero-order valence-electron chi connectivity index (χ0n) is 5.17. The van der Waals surface area contributed by atoms with Crippen LogP contribution in [0.25, 0.3) is 0 Å². The Morgan fingerprint density at radius 3 is 2.12 bits per heavy atom. The molecule has 0 aromatic carbocycles. The molecule has 1 nitrogen and oxygen atoms in total. The molecule has 0 amide bonds. The molecule has 1 rings (SSSR count). The molecule has 0 atom stereocenters. The predicted octanol–water partition coefficient (Wildman–Crippen LogP) is 1.04. The summed E-state index contributed by atoms with van der Waals surface area (Å²) in [6.45, 7) is 2.15. The average Bonchev–Trinajstić information content (AvgIpc) is 1.94. The van der Waals surface area contributed by atoms with Gasteiger partial charge >= 0.3 is 0 Å². The Morgan fingerprint density at radius 2 is 1.62 bits per heavy atom. The Hall–Kier alpha value is -0.560.